The van der Waals surface area contributed by atoms with E-state index in [1.54, 1.807) is 74.5 Å². The van der Waals surface area contributed by atoms with Crippen molar-refractivity contribution in [2.75, 3.05) is 0 Å². The Kier molecular flexibility index (Phi) is 16.5. The van der Waals surface area contributed by atoms with Crippen LogP contribution in [0.3, 0.4) is 0 Å². The number of hydrogen-bond acceptors (Lipinski definition) is 12. The third-order valence-corrected chi connectivity index (χ3v) is 8.92. The molecule has 2 heterocycles. The summed E-state index contributed by atoms with van der Waals surface area (Å²) < 4.78 is 35.4. The van der Waals surface area contributed by atoms with E-state index >= 15 is 0 Å². The van der Waals surface area contributed by atoms with E-state index in [1.807, 2.05) is 12.1 Å². The molecule has 7 rings (SSSR count). The van der Waals surface area contributed by atoms with Gasteiger partial charge in [0.2, 0.25) is 0 Å². The average Bonchev–Trinajstić information content (AvgIpc) is 3.62. The Bertz CT molecular complexity index is 2880. The minimum atomic E-state index is -4.57. The van der Waals surface area contributed by atoms with Crippen molar-refractivity contribution in [3.05, 3.63) is 151 Å². The van der Waals surface area contributed by atoms with E-state index in [0.717, 1.165) is 12.1 Å². The standard InChI is InChI=1S/C20H16N4O5S.C16H13N5O4.Cr.2Na/c1-12-18(20(26)24(23-12)13-7-3-2-4-8-13)21-22-19-15-10-6-5-9-14(15)17(11-16(19)25)30(27,28)29;1-10-15(16(23)20(19-10)11-5-3-2-4-6-11)18-17-13-8-7-12(21(24)25)9-14(13)22;;;/h2-11,23,25H,1H3,(H,27,28,29);2-9,19,22H,1H3;;;/q;;;2*+1. The van der Waals surface area contributed by atoms with Crippen LogP contribution in [-0.4, -0.2) is 47.7 Å². The van der Waals surface area contributed by atoms with Gasteiger partial charge in [0.15, 0.2) is 11.4 Å². The summed E-state index contributed by atoms with van der Waals surface area (Å²) in [5, 5.41) is 52.8. The fraction of sp³-hybridized carbons (Fsp3) is 0.0556. The summed E-state index contributed by atoms with van der Waals surface area (Å²) in [5.41, 5.74) is 1.28. The van der Waals surface area contributed by atoms with E-state index in [0.29, 0.717) is 22.8 Å². The van der Waals surface area contributed by atoms with E-state index in [-0.39, 0.29) is 116 Å². The number of nitro benzene ring substituents is 1. The van der Waals surface area contributed by atoms with Gasteiger partial charge in [0, 0.05) is 40.3 Å². The first-order valence-corrected chi connectivity index (χ1v) is 17.5. The number of phenols is 2. The summed E-state index contributed by atoms with van der Waals surface area (Å²) in [6, 6.07) is 28.4. The van der Waals surface area contributed by atoms with Crippen LogP contribution in [0.5, 0.6) is 11.5 Å². The topological polar surface area (TPSA) is 263 Å². The Hall–Kier alpha value is -4.98. The molecule has 22 heteroatoms. The van der Waals surface area contributed by atoms with Crippen LogP contribution in [0.2, 0.25) is 0 Å². The number of aromatic hydroxyl groups is 2. The summed E-state index contributed by atoms with van der Waals surface area (Å²) in [6.45, 7) is 3.33. The summed E-state index contributed by atoms with van der Waals surface area (Å²) in [4.78, 5) is 34.8. The summed E-state index contributed by atoms with van der Waals surface area (Å²) in [5.74, 6) is -0.892. The smallest absolute Gasteiger partial charge is 0.506 e. The number of hydrogen-bond donors (Lipinski definition) is 5. The summed E-state index contributed by atoms with van der Waals surface area (Å²) in [6.07, 6.45) is 0. The summed E-state index contributed by atoms with van der Waals surface area (Å²) in [7, 11) is -4.57. The quantitative estimate of drug-likeness (QED) is 0.0487. The number of nitro groups is 1. The number of nitrogens with zero attached hydrogens (tertiary/aromatic N) is 7. The van der Waals surface area contributed by atoms with Crippen molar-refractivity contribution in [2.45, 2.75) is 18.7 Å². The monoisotopic (exact) mass is 861 g/mol. The number of aromatic nitrogens is 4. The maximum absolute atomic E-state index is 12.7. The second kappa shape index (κ2) is 20.1. The molecule has 18 nitrogen and oxygen atoms in total. The molecular formula is C36H29CrN9Na2O9S+2. The van der Waals surface area contributed by atoms with Crippen molar-refractivity contribution in [1.29, 1.82) is 0 Å². The van der Waals surface area contributed by atoms with Gasteiger partial charge in [-0.25, -0.2) is 9.36 Å². The number of azo groups is 2. The molecule has 0 radical (unpaired) electrons. The van der Waals surface area contributed by atoms with E-state index in [2.05, 4.69) is 30.7 Å². The van der Waals surface area contributed by atoms with Gasteiger partial charge >= 0.3 is 59.1 Å². The molecule has 0 saturated heterocycles. The van der Waals surface area contributed by atoms with Gasteiger partial charge in [-0.1, -0.05) is 60.7 Å². The third-order valence-electron chi connectivity index (χ3n) is 8.02. The Morgan fingerprint density at radius 1 is 0.638 bits per heavy atom. The molecule has 0 spiro atoms. The maximum Gasteiger partial charge on any atom is 1.00 e. The molecule has 0 saturated carbocycles. The molecule has 0 aliphatic heterocycles. The van der Waals surface area contributed by atoms with Crippen molar-refractivity contribution in [2.24, 2.45) is 20.5 Å². The molecule has 7 aromatic rings. The second-order valence-corrected chi connectivity index (χ2v) is 13.1. The molecule has 0 amide bonds. The number of phenolic OH excluding ortho intramolecular Hbond substituents is 2. The predicted octanol–water partition coefficient (Wildman–Crippen LogP) is 1.50. The molecule has 0 bridgehead atoms. The van der Waals surface area contributed by atoms with Crippen LogP contribution in [0.4, 0.5) is 28.4 Å². The van der Waals surface area contributed by atoms with Crippen LogP contribution in [0.25, 0.3) is 22.1 Å². The number of H-pyrrole nitrogens is 2. The zero-order chi connectivity index (χ0) is 39.4. The molecule has 0 atom stereocenters. The summed E-state index contributed by atoms with van der Waals surface area (Å²) >= 11 is 0. The van der Waals surface area contributed by atoms with E-state index in [9.17, 15) is 42.9 Å². The zero-order valence-corrected chi connectivity index (χ0v) is 37.2. The van der Waals surface area contributed by atoms with Crippen LogP contribution < -0.4 is 70.2 Å². The number of aryl methyl sites for hydroxylation is 2. The first-order valence-electron chi connectivity index (χ1n) is 16.0. The Morgan fingerprint density at radius 3 is 1.55 bits per heavy atom. The number of aromatic amines is 2. The van der Waals surface area contributed by atoms with Gasteiger partial charge in [0.05, 0.1) is 33.8 Å². The number of para-hydroxylation sites is 2. The van der Waals surface area contributed by atoms with Crippen molar-refractivity contribution in [3.8, 4) is 22.9 Å². The van der Waals surface area contributed by atoms with Gasteiger partial charge in [-0.3, -0.25) is 34.5 Å². The Labute approximate surface area is 383 Å². The minimum Gasteiger partial charge on any atom is -0.506 e. The van der Waals surface area contributed by atoms with Crippen LogP contribution in [0.1, 0.15) is 11.4 Å². The molecule has 2 aromatic heterocycles. The van der Waals surface area contributed by atoms with Gasteiger partial charge < -0.3 is 10.2 Å². The van der Waals surface area contributed by atoms with Gasteiger partial charge in [0.25, 0.3) is 26.9 Å². The van der Waals surface area contributed by atoms with Gasteiger partial charge in [-0.05, 0) is 44.2 Å². The third kappa shape index (κ3) is 10.4. The van der Waals surface area contributed by atoms with Crippen molar-refractivity contribution >= 4 is 49.3 Å². The molecule has 5 aromatic carbocycles. The number of benzene rings is 5. The first-order chi connectivity index (χ1) is 26.2. The van der Waals surface area contributed by atoms with Gasteiger partial charge in [-0.2, -0.15) is 8.42 Å². The zero-order valence-electron chi connectivity index (χ0n) is 31.1. The number of nitrogens with one attached hydrogen (secondary N) is 2. The van der Waals surface area contributed by atoms with E-state index in [4.69, 9.17) is 0 Å². The fourth-order valence-corrected chi connectivity index (χ4v) is 6.09. The van der Waals surface area contributed by atoms with Gasteiger partial charge in [0.1, 0.15) is 27.8 Å². The Balaban J connectivity index is 0.000000300. The molecule has 0 fully saturated rings. The molecule has 0 aliphatic carbocycles. The SMILES string of the molecule is Cc1[nH]n(-c2ccccc2)c(=O)c1N=Nc1c(O)cc(S(=O)(=O)O)c2ccccc12.Cc1[nH]n(-c2ccccc2)c(=O)c1N=Nc1ccc([N+](=O)[O-])cc1O.[Cr].[Na+].[Na+]. The predicted molar refractivity (Wildman–Crippen MR) is 201 cm³/mol. The molecule has 0 aliphatic rings. The molecule has 284 valence electrons. The van der Waals surface area contributed by atoms with E-state index < -0.39 is 42.6 Å². The minimum absolute atomic E-state index is 0. The number of rotatable bonds is 8. The molecule has 0 unspecified atom stereocenters. The average molecular weight is 862 g/mol. The van der Waals surface area contributed by atoms with Crippen molar-refractivity contribution in [1.82, 2.24) is 19.6 Å². The molecular weight excluding hydrogens is 832 g/mol. The van der Waals surface area contributed by atoms with Crippen molar-refractivity contribution < 1.29 is 105 Å². The Morgan fingerprint density at radius 2 is 1.09 bits per heavy atom. The van der Waals surface area contributed by atoms with Crippen LogP contribution in [-0.2, 0) is 27.5 Å². The van der Waals surface area contributed by atoms with Crippen LogP contribution >= 0.6 is 0 Å². The van der Waals surface area contributed by atoms with Crippen molar-refractivity contribution in [3.63, 3.8) is 0 Å². The van der Waals surface area contributed by atoms with Crippen LogP contribution in [0.15, 0.2) is 144 Å². The number of fused-ring (bicyclic) bond motifs is 1. The van der Waals surface area contributed by atoms with Gasteiger partial charge in [-0.15, -0.1) is 20.5 Å². The van der Waals surface area contributed by atoms with E-state index in [1.165, 1.54) is 33.6 Å². The van der Waals surface area contributed by atoms with Crippen LogP contribution in [0, 0.1) is 24.0 Å². The number of non-ortho nitro benzene ring substituents is 1. The fourth-order valence-electron chi connectivity index (χ4n) is 5.37. The molecule has 5 N–H and O–H groups in total. The molecule has 58 heavy (non-hydrogen) atoms. The second-order valence-electron chi connectivity index (χ2n) is 11.7. The normalized spacial score (nSPS) is 11.0. The first kappa shape index (κ1) is 47.4. The largest absolute Gasteiger partial charge is 1.00 e. The maximum atomic E-state index is 12.7.